The molecule has 0 aliphatic rings. The van der Waals surface area contributed by atoms with Crippen LogP contribution in [0.1, 0.15) is 41.0 Å². The van der Waals surface area contributed by atoms with E-state index in [9.17, 15) is 9.59 Å². The highest BCUT2D eigenvalue weighted by molar-refractivity contribution is 6.01. The molecule has 4 nitrogen and oxygen atoms in total. The number of nitrogens with two attached hydrogens (primary N) is 1. The lowest BCUT2D eigenvalue weighted by Crippen LogP contribution is -2.29. The topological polar surface area (TPSA) is 63.4 Å². The third-order valence-electron chi connectivity index (χ3n) is 2.36. The lowest BCUT2D eigenvalue weighted by Gasteiger charge is -2.17. The summed E-state index contributed by atoms with van der Waals surface area (Å²) in [7, 11) is 1.71. The largest absolute Gasteiger partial charge is 0.342 e. The molecule has 1 amide bonds. The van der Waals surface area contributed by atoms with E-state index in [-0.39, 0.29) is 5.91 Å². The van der Waals surface area contributed by atoms with Crippen molar-refractivity contribution in [1.29, 1.82) is 0 Å². The quantitative estimate of drug-likeness (QED) is 0.812. The lowest BCUT2D eigenvalue weighted by molar-refractivity contribution is 0.0791. The Labute approximate surface area is 109 Å². The number of carbonyl (C=O) groups is 2. The van der Waals surface area contributed by atoms with Gasteiger partial charge in [0.25, 0.3) is 5.91 Å². The van der Waals surface area contributed by atoms with Gasteiger partial charge in [0.2, 0.25) is 0 Å². The maximum absolute atomic E-state index is 12.0. The van der Waals surface area contributed by atoms with Crippen LogP contribution in [0.3, 0.4) is 0 Å². The molecule has 0 heterocycles. The summed E-state index contributed by atoms with van der Waals surface area (Å²) in [6.45, 7) is 5.15. The SMILES string of the molecule is CC.CN(CCCN)C(=O)c1ccccc1C=O. The number of rotatable bonds is 5. The third-order valence-corrected chi connectivity index (χ3v) is 2.36. The molecule has 0 aliphatic carbocycles. The second-order valence-corrected chi connectivity index (χ2v) is 3.57. The second-order valence-electron chi connectivity index (χ2n) is 3.57. The second kappa shape index (κ2) is 9.36. The summed E-state index contributed by atoms with van der Waals surface area (Å²) < 4.78 is 0. The summed E-state index contributed by atoms with van der Waals surface area (Å²) in [5, 5.41) is 0. The molecule has 0 fully saturated rings. The number of aldehydes is 1. The number of benzene rings is 1. The average molecular weight is 250 g/mol. The van der Waals surface area contributed by atoms with E-state index >= 15 is 0 Å². The first kappa shape index (κ1) is 16.3. The molecule has 100 valence electrons. The molecule has 1 aromatic rings. The first-order valence-electron chi connectivity index (χ1n) is 6.20. The number of hydrogen-bond donors (Lipinski definition) is 1. The minimum Gasteiger partial charge on any atom is -0.342 e. The molecule has 1 rings (SSSR count). The van der Waals surface area contributed by atoms with Crippen molar-refractivity contribution in [3.8, 4) is 0 Å². The number of hydrogen-bond acceptors (Lipinski definition) is 3. The molecular weight excluding hydrogens is 228 g/mol. The molecule has 4 heteroatoms. The van der Waals surface area contributed by atoms with Gasteiger partial charge in [-0.15, -0.1) is 0 Å². The molecule has 2 N–H and O–H groups in total. The van der Waals surface area contributed by atoms with Crippen LogP contribution in [0.2, 0.25) is 0 Å². The number of nitrogens with zero attached hydrogens (tertiary/aromatic N) is 1. The Balaban J connectivity index is 0.00000137. The maximum atomic E-state index is 12.0. The highest BCUT2D eigenvalue weighted by Crippen LogP contribution is 2.09. The zero-order valence-electron chi connectivity index (χ0n) is 11.3. The fraction of sp³-hybridized carbons (Fsp3) is 0.429. The molecule has 0 saturated heterocycles. The summed E-state index contributed by atoms with van der Waals surface area (Å²) in [4.78, 5) is 24.3. The summed E-state index contributed by atoms with van der Waals surface area (Å²) in [6.07, 6.45) is 1.45. The Hall–Kier alpha value is -1.68. The van der Waals surface area contributed by atoms with Gasteiger partial charge in [-0.1, -0.05) is 32.0 Å². The van der Waals surface area contributed by atoms with E-state index < -0.39 is 0 Å². The summed E-state index contributed by atoms with van der Waals surface area (Å²) in [6, 6.07) is 6.78. The van der Waals surface area contributed by atoms with Gasteiger partial charge in [-0.2, -0.15) is 0 Å². The smallest absolute Gasteiger partial charge is 0.254 e. The van der Waals surface area contributed by atoms with Crippen LogP contribution >= 0.6 is 0 Å². The van der Waals surface area contributed by atoms with Crippen molar-refractivity contribution in [1.82, 2.24) is 4.90 Å². The van der Waals surface area contributed by atoms with Crippen LogP contribution in [0.25, 0.3) is 0 Å². The van der Waals surface area contributed by atoms with Crippen LogP contribution in [0, 0.1) is 0 Å². The van der Waals surface area contributed by atoms with E-state index in [1.165, 1.54) is 0 Å². The number of amides is 1. The van der Waals surface area contributed by atoms with E-state index in [4.69, 9.17) is 5.73 Å². The summed E-state index contributed by atoms with van der Waals surface area (Å²) in [5.74, 6) is -0.142. The van der Waals surface area contributed by atoms with Gasteiger partial charge in [-0.05, 0) is 19.0 Å². The monoisotopic (exact) mass is 250 g/mol. The van der Waals surface area contributed by atoms with Crippen molar-refractivity contribution in [2.75, 3.05) is 20.1 Å². The van der Waals surface area contributed by atoms with Gasteiger partial charge in [0.15, 0.2) is 6.29 Å². The van der Waals surface area contributed by atoms with Crippen LogP contribution in [-0.2, 0) is 0 Å². The molecule has 18 heavy (non-hydrogen) atoms. The average Bonchev–Trinajstić information content (AvgIpc) is 2.45. The fourth-order valence-electron chi connectivity index (χ4n) is 1.43. The Bertz CT molecular complexity index is 378. The molecule has 0 radical (unpaired) electrons. The van der Waals surface area contributed by atoms with Crippen molar-refractivity contribution in [2.45, 2.75) is 20.3 Å². The van der Waals surface area contributed by atoms with E-state index in [0.29, 0.717) is 30.5 Å². The molecule has 0 bridgehead atoms. The highest BCUT2D eigenvalue weighted by atomic mass is 16.2. The van der Waals surface area contributed by atoms with Gasteiger partial charge >= 0.3 is 0 Å². The Morgan fingerprint density at radius 1 is 1.33 bits per heavy atom. The van der Waals surface area contributed by atoms with Gasteiger partial charge in [-0.25, -0.2) is 0 Å². The predicted molar refractivity (Wildman–Crippen MR) is 73.8 cm³/mol. The zero-order valence-corrected chi connectivity index (χ0v) is 11.3. The highest BCUT2D eigenvalue weighted by Gasteiger charge is 2.14. The van der Waals surface area contributed by atoms with E-state index in [1.807, 2.05) is 13.8 Å². The minimum absolute atomic E-state index is 0.142. The van der Waals surface area contributed by atoms with Crippen molar-refractivity contribution < 1.29 is 9.59 Å². The molecule has 1 aromatic carbocycles. The van der Waals surface area contributed by atoms with Crippen molar-refractivity contribution in [2.24, 2.45) is 5.73 Å². The van der Waals surface area contributed by atoms with Crippen molar-refractivity contribution in [3.63, 3.8) is 0 Å². The standard InChI is InChI=1S/C12H16N2O2.C2H6/c1-14(8-4-7-13)12(16)11-6-3-2-5-10(11)9-15;1-2/h2-3,5-6,9H,4,7-8,13H2,1H3;1-2H3. The van der Waals surface area contributed by atoms with Crippen LogP contribution in [0.5, 0.6) is 0 Å². The molecule has 0 unspecified atom stereocenters. The van der Waals surface area contributed by atoms with Gasteiger partial charge in [0.05, 0.1) is 5.56 Å². The van der Waals surface area contributed by atoms with Crippen LogP contribution in [-0.4, -0.2) is 37.2 Å². The molecular formula is C14H22N2O2. The van der Waals surface area contributed by atoms with Crippen molar-refractivity contribution in [3.05, 3.63) is 35.4 Å². The first-order valence-corrected chi connectivity index (χ1v) is 6.20. The van der Waals surface area contributed by atoms with Crippen LogP contribution in [0.4, 0.5) is 0 Å². The third kappa shape index (κ3) is 4.67. The predicted octanol–water partition coefficient (Wildman–Crippen LogP) is 1.95. The maximum Gasteiger partial charge on any atom is 0.254 e. The lowest BCUT2D eigenvalue weighted by atomic mass is 10.1. The molecule has 0 atom stereocenters. The van der Waals surface area contributed by atoms with E-state index in [0.717, 1.165) is 6.42 Å². The zero-order chi connectivity index (χ0) is 14.0. The van der Waals surface area contributed by atoms with Gasteiger partial charge in [0.1, 0.15) is 0 Å². The van der Waals surface area contributed by atoms with E-state index in [2.05, 4.69) is 0 Å². The molecule has 0 saturated carbocycles. The Morgan fingerprint density at radius 3 is 2.50 bits per heavy atom. The molecule has 0 aliphatic heterocycles. The molecule has 0 spiro atoms. The number of carbonyl (C=O) groups excluding carboxylic acids is 2. The van der Waals surface area contributed by atoms with Gasteiger partial charge in [-0.3, -0.25) is 9.59 Å². The van der Waals surface area contributed by atoms with E-state index in [1.54, 1.807) is 36.2 Å². The fourth-order valence-corrected chi connectivity index (χ4v) is 1.43. The summed E-state index contributed by atoms with van der Waals surface area (Å²) >= 11 is 0. The molecule has 0 aromatic heterocycles. The summed E-state index contributed by atoms with van der Waals surface area (Å²) in [5.41, 5.74) is 6.24. The Kier molecular flexibility index (Phi) is 8.49. The Morgan fingerprint density at radius 2 is 1.94 bits per heavy atom. The van der Waals surface area contributed by atoms with Crippen LogP contribution < -0.4 is 5.73 Å². The van der Waals surface area contributed by atoms with Crippen LogP contribution in [0.15, 0.2) is 24.3 Å². The van der Waals surface area contributed by atoms with Gasteiger partial charge < -0.3 is 10.6 Å². The first-order chi connectivity index (χ1) is 8.70. The van der Waals surface area contributed by atoms with Crippen molar-refractivity contribution >= 4 is 12.2 Å². The minimum atomic E-state index is -0.142. The van der Waals surface area contributed by atoms with Gasteiger partial charge in [0, 0.05) is 19.2 Å². The normalized spacial score (nSPS) is 9.11.